The zero-order valence-electron chi connectivity index (χ0n) is 17.2. The predicted octanol–water partition coefficient (Wildman–Crippen LogP) is 5.97. The number of carbonyl (C=O) groups excluding carboxylic acids is 1. The fourth-order valence-electron chi connectivity index (χ4n) is 3.08. The van der Waals surface area contributed by atoms with E-state index in [0.717, 1.165) is 28.2 Å². The van der Waals surface area contributed by atoms with Gasteiger partial charge in [0.1, 0.15) is 6.61 Å². The van der Waals surface area contributed by atoms with E-state index >= 15 is 0 Å². The van der Waals surface area contributed by atoms with Crippen molar-refractivity contribution in [1.82, 2.24) is 0 Å². The summed E-state index contributed by atoms with van der Waals surface area (Å²) in [7, 11) is 2.89. The van der Waals surface area contributed by atoms with Crippen molar-refractivity contribution in [2.45, 2.75) is 0 Å². The summed E-state index contributed by atoms with van der Waals surface area (Å²) in [5, 5.41) is 0. The number of benzene rings is 3. The molecule has 3 rings (SSSR count). The van der Waals surface area contributed by atoms with Crippen LogP contribution in [-0.2, 0) is 14.2 Å². The SMILES string of the molecule is COCC(=Cc1ccc(N(c2ccccc2)c2ccccc2)cc1)COC(=O)OC. The van der Waals surface area contributed by atoms with E-state index in [1.807, 2.05) is 54.6 Å². The van der Waals surface area contributed by atoms with Gasteiger partial charge in [0.15, 0.2) is 0 Å². The third-order valence-corrected chi connectivity index (χ3v) is 4.42. The van der Waals surface area contributed by atoms with Gasteiger partial charge in [-0.25, -0.2) is 4.79 Å². The fourth-order valence-corrected chi connectivity index (χ4v) is 3.08. The Hall–Kier alpha value is -3.57. The maximum Gasteiger partial charge on any atom is 0.508 e. The van der Waals surface area contributed by atoms with Gasteiger partial charge in [-0.1, -0.05) is 54.6 Å². The summed E-state index contributed by atoms with van der Waals surface area (Å²) >= 11 is 0. The van der Waals surface area contributed by atoms with Crippen LogP contribution < -0.4 is 4.90 Å². The van der Waals surface area contributed by atoms with Crippen LogP contribution >= 0.6 is 0 Å². The molecule has 0 N–H and O–H groups in total. The first-order chi connectivity index (χ1) is 14.7. The second-order valence-corrected chi connectivity index (χ2v) is 6.58. The van der Waals surface area contributed by atoms with E-state index in [1.165, 1.54) is 7.11 Å². The summed E-state index contributed by atoms with van der Waals surface area (Å²) in [6.07, 6.45) is 1.24. The third-order valence-electron chi connectivity index (χ3n) is 4.42. The first-order valence-corrected chi connectivity index (χ1v) is 9.60. The molecule has 0 amide bonds. The number of anilines is 3. The molecule has 0 aliphatic carbocycles. The smallest absolute Gasteiger partial charge is 0.438 e. The largest absolute Gasteiger partial charge is 0.508 e. The molecule has 154 valence electrons. The maximum absolute atomic E-state index is 11.2. The molecule has 0 atom stereocenters. The van der Waals surface area contributed by atoms with Gasteiger partial charge >= 0.3 is 6.16 Å². The van der Waals surface area contributed by atoms with Crippen LogP contribution in [0.2, 0.25) is 0 Å². The van der Waals surface area contributed by atoms with Crippen molar-refractivity contribution in [2.24, 2.45) is 0 Å². The molecule has 0 saturated carbocycles. The van der Waals surface area contributed by atoms with Crippen LogP contribution in [0.25, 0.3) is 6.08 Å². The zero-order chi connectivity index (χ0) is 21.2. The van der Waals surface area contributed by atoms with Crippen molar-refractivity contribution in [2.75, 3.05) is 32.3 Å². The van der Waals surface area contributed by atoms with Crippen molar-refractivity contribution < 1.29 is 19.0 Å². The Morgan fingerprint density at radius 3 is 1.80 bits per heavy atom. The van der Waals surface area contributed by atoms with Crippen LogP contribution in [0.5, 0.6) is 0 Å². The molecule has 0 heterocycles. The first-order valence-electron chi connectivity index (χ1n) is 9.60. The first kappa shape index (κ1) is 21.1. The summed E-state index contributed by atoms with van der Waals surface area (Å²) in [4.78, 5) is 13.4. The van der Waals surface area contributed by atoms with E-state index in [0.29, 0.717) is 6.61 Å². The highest BCUT2D eigenvalue weighted by Gasteiger charge is 2.11. The lowest BCUT2D eigenvalue weighted by atomic mass is 10.1. The minimum atomic E-state index is -0.714. The van der Waals surface area contributed by atoms with Crippen molar-refractivity contribution in [3.05, 3.63) is 96.1 Å². The Morgan fingerprint density at radius 2 is 1.30 bits per heavy atom. The molecular formula is C25H25NO4. The third kappa shape index (κ3) is 5.72. The number of methoxy groups -OCH3 is 2. The number of nitrogens with zero attached hydrogens (tertiary/aromatic N) is 1. The van der Waals surface area contributed by atoms with Gasteiger partial charge in [0.2, 0.25) is 0 Å². The highest BCUT2D eigenvalue weighted by atomic mass is 16.7. The van der Waals surface area contributed by atoms with E-state index in [2.05, 4.69) is 46.0 Å². The van der Waals surface area contributed by atoms with E-state index in [-0.39, 0.29) is 6.61 Å². The fraction of sp³-hybridized carbons (Fsp3) is 0.160. The molecule has 0 aliphatic rings. The van der Waals surface area contributed by atoms with Crippen LogP contribution in [0.3, 0.4) is 0 Å². The Balaban J connectivity index is 1.87. The second-order valence-electron chi connectivity index (χ2n) is 6.58. The normalized spacial score (nSPS) is 11.1. The minimum absolute atomic E-state index is 0.114. The Labute approximate surface area is 177 Å². The van der Waals surface area contributed by atoms with Crippen molar-refractivity contribution >= 4 is 29.3 Å². The molecule has 0 spiro atoms. The number of carbonyl (C=O) groups is 1. The summed E-state index contributed by atoms with van der Waals surface area (Å²) in [6, 6.07) is 28.7. The van der Waals surface area contributed by atoms with Crippen molar-refractivity contribution in [3.8, 4) is 0 Å². The highest BCUT2D eigenvalue weighted by molar-refractivity contribution is 5.77. The average Bonchev–Trinajstić information content (AvgIpc) is 2.80. The highest BCUT2D eigenvalue weighted by Crippen LogP contribution is 2.34. The second kappa shape index (κ2) is 10.8. The molecule has 5 nitrogen and oxygen atoms in total. The molecule has 0 unspecified atom stereocenters. The zero-order valence-corrected chi connectivity index (χ0v) is 17.2. The predicted molar refractivity (Wildman–Crippen MR) is 119 cm³/mol. The Kier molecular flexibility index (Phi) is 7.64. The van der Waals surface area contributed by atoms with Gasteiger partial charge in [-0.3, -0.25) is 0 Å². The Bertz CT molecular complexity index is 914. The van der Waals surface area contributed by atoms with E-state index < -0.39 is 6.16 Å². The van der Waals surface area contributed by atoms with Crippen molar-refractivity contribution in [1.29, 1.82) is 0 Å². The molecule has 0 radical (unpaired) electrons. The van der Waals surface area contributed by atoms with Gasteiger partial charge in [0, 0.05) is 24.2 Å². The van der Waals surface area contributed by atoms with Gasteiger partial charge in [0.05, 0.1) is 13.7 Å². The monoisotopic (exact) mass is 403 g/mol. The standard InChI is InChI=1S/C25H25NO4/c1-28-18-21(19-30-25(27)29-2)17-20-13-15-24(16-14-20)26(22-9-5-3-6-10-22)23-11-7-4-8-12-23/h3-17H,18-19H2,1-2H3. The minimum Gasteiger partial charge on any atom is -0.438 e. The summed E-state index contributed by atoms with van der Waals surface area (Å²) in [5.41, 5.74) is 5.03. The molecule has 0 saturated heterocycles. The van der Waals surface area contributed by atoms with Gasteiger partial charge in [0.25, 0.3) is 0 Å². The van der Waals surface area contributed by atoms with E-state index in [9.17, 15) is 4.79 Å². The number of hydrogen-bond donors (Lipinski definition) is 0. The summed E-state index contributed by atoms with van der Waals surface area (Å²) in [6.45, 7) is 0.474. The molecule has 0 aliphatic heterocycles. The van der Waals surface area contributed by atoms with Crippen LogP contribution in [-0.4, -0.2) is 33.6 Å². The number of rotatable bonds is 8. The number of para-hydroxylation sites is 2. The lowest BCUT2D eigenvalue weighted by Gasteiger charge is -2.25. The average molecular weight is 403 g/mol. The lowest BCUT2D eigenvalue weighted by Crippen LogP contribution is -2.10. The van der Waals surface area contributed by atoms with Crippen LogP contribution in [0.1, 0.15) is 5.56 Å². The van der Waals surface area contributed by atoms with Gasteiger partial charge in [-0.2, -0.15) is 0 Å². The molecule has 0 bridgehead atoms. The molecule has 5 heteroatoms. The summed E-state index contributed by atoms with van der Waals surface area (Å²) < 4.78 is 14.8. The topological polar surface area (TPSA) is 48.0 Å². The van der Waals surface area contributed by atoms with Crippen LogP contribution in [0, 0.1) is 0 Å². The van der Waals surface area contributed by atoms with Crippen LogP contribution in [0.15, 0.2) is 90.5 Å². The van der Waals surface area contributed by atoms with E-state index in [1.54, 1.807) is 7.11 Å². The molecular weight excluding hydrogens is 378 g/mol. The van der Waals surface area contributed by atoms with Gasteiger partial charge < -0.3 is 19.1 Å². The Morgan fingerprint density at radius 1 is 0.767 bits per heavy atom. The number of hydrogen-bond acceptors (Lipinski definition) is 5. The molecule has 30 heavy (non-hydrogen) atoms. The van der Waals surface area contributed by atoms with Gasteiger partial charge in [-0.05, 0) is 47.5 Å². The maximum atomic E-state index is 11.2. The van der Waals surface area contributed by atoms with E-state index in [4.69, 9.17) is 9.47 Å². The van der Waals surface area contributed by atoms with Crippen molar-refractivity contribution in [3.63, 3.8) is 0 Å². The lowest BCUT2D eigenvalue weighted by molar-refractivity contribution is 0.0769. The van der Waals surface area contributed by atoms with Crippen LogP contribution in [0.4, 0.5) is 21.9 Å². The molecule has 3 aromatic carbocycles. The quantitative estimate of drug-likeness (QED) is 0.434. The number of ether oxygens (including phenoxy) is 3. The molecule has 0 aromatic heterocycles. The summed E-state index contributed by atoms with van der Waals surface area (Å²) in [5.74, 6) is 0. The molecule has 0 fully saturated rings. The molecule has 3 aromatic rings. The van der Waals surface area contributed by atoms with Gasteiger partial charge in [-0.15, -0.1) is 0 Å².